The zero-order valence-electron chi connectivity index (χ0n) is 14.9. The normalized spacial score (nSPS) is 16.3. The first kappa shape index (κ1) is 16.8. The van der Waals surface area contributed by atoms with Crippen LogP contribution < -0.4 is 19.5 Å². The molecule has 1 N–H and O–H groups in total. The third-order valence-electron chi connectivity index (χ3n) is 4.84. The van der Waals surface area contributed by atoms with Crippen LogP contribution >= 0.6 is 0 Å². The van der Waals surface area contributed by atoms with E-state index in [-0.39, 0.29) is 5.91 Å². The zero-order valence-corrected chi connectivity index (χ0v) is 14.9. The average Bonchev–Trinajstić information content (AvgIpc) is 2.68. The number of ether oxygens (including phenoxy) is 3. The number of amides is 1. The van der Waals surface area contributed by atoms with Gasteiger partial charge >= 0.3 is 0 Å². The van der Waals surface area contributed by atoms with Crippen LogP contribution in [0.1, 0.15) is 30.9 Å². The van der Waals surface area contributed by atoms with Gasteiger partial charge in [0.15, 0.2) is 17.6 Å². The van der Waals surface area contributed by atoms with Crippen LogP contribution in [0.25, 0.3) is 0 Å². The van der Waals surface area contributed by atoms with Crippen molar-refractivity contribution in [3.05, 3.63) is 47.5 Å². The van der Waals surface area contributed by atoms with Crippen molar-refractivity contribution < 1.29 is 19.0 Å². The van der Waals surface area contributed by atoms with Gasteiger partial charge in [0.1, 0.15) is 19.0 Å². The van der Waals surface area contributed by atoms with Crippen LogP contribution in [0.4, 0.5) is 5.69 Å². The first-order valence-corrected chi connectivity index (χ1v) is 9.18. The Morgan fingerprint density at radius 1 is 1.08 bits per heavy atom. The number of hydrogen-bond acceptors (Lipinski definition) is 4. The summed E-state index contributed by atoms with van der Waals surface area (Å²) in [6.07, 6.45) is 3.91. The molecule has 136 valence electrons. The summed E-state index contributed by atoms with van der Waals surface area (Å²) < 4.78 is 17.0. The van der Waals surface area contributed by atoms with Crippen LogP contribution in [-0.2, 0) is 17.6 Å². The third-order valence-corrected chi connectivity index (χ3v) is 4.84. The molecule has 0 radical (unpaired) electrons. The number of benzene rings is 2. The molecule has 0 bridgehead atoms. The standard InChI is InChI=1S/C21H23NO4/c1-14(26-18-8-4-6-15-5-2-3-7-17(15)18)21(23)22-16-9-10-19-20(13-16)25-12-11-24-19/h4,6,8-10,13-14H,2-3,5,7,11-12H2,1H3,(H,22,23). The lowest BCUT2D eigenvalue weighted by Crippen LogP contribution is -2.30. The third kappa shape index (κ3) is 3.47. The van der Waals surface area contributed by atoms with Gasteiger partial charge in [-0.05, 0) is 61.9 Å². The molecular formula is C21H23NO4. The Labute approximate surface area is 153 Å². The molecule has 1 atom stereocenters. The fourth-order valence-electron chi connectivity index (χ4n) is 3.47. The highest BCUT2D eigenvalue weighted by Gasteiger charge is 2.20. The highest BCUT2D eigenvalue weighted by molar-refractivity contribution is 5.94. The Hall–Kier alpha value is -2.69. The summed E-state index contributed by atoms with van der Waals surface area (Å²) in [5.74, 6) is 2.00. The predicted molar refractivity (Wildman–Crippen MR) is 99.2 cm³/mol. The van der Waals surface area contributed by atoms with Crippen molar-refractivity contribution in [3.63, 3.8) is 0 Å². The molecule has 26 heavy (non-hydrogen) atoms. The van der Waals surface area contributed by atoms with E-state index in [1.807, 2.05) is 24.3 Å². The molecule has 5 nitrogen and oxygen atoms in total. The minimum Gasteiger partial charge on any atom is -0.486 e. The van der Waals surface area contributed by atoms with Gasteiger partial charge in [-0.3, -0.25) is 4.79 Å². The summed E-state index contributed by atoms with van der Waals surface area (Å²) in [4.78, 5) is 12.5. The Morgan fingerprint density at radius 2 is 1.88 bits per heavy atom. The number of carbonyl (C=O) groups excluding carboxylic acids is 1. The zero-order chi connectivity index (χ0) is 17.9. The second-order valence-electron chi connectivity index (χ2n) is 6.71. The van der Waals surface area contributed by atoms with Crippen molar-refractivity contribution in [2.24, 2.45) is 0 Å². The van der Waals surface area contributed by atoms with E-state index >= 15 is 0 Å². The lowest BCUT2D eigenvalue weighted by Gasteiger charge is -2.22. The molecule has 4 rings (SSSR count). The summed E-state index contributed by atoms with van der Waals surface area (Å²) in [5.41, 5.74) is 3.26. The maximum Gasteiger partial charge on any atom is 0.265 e. The van der Waals surface area contributed by atoms with Gasteiger partial charge in [0.2, 0.25) is 0 Å². The topological polar surface area (TPSA) is 56.8 Å². The van der Waals surface area contributed by atoms with Crippen molar-refractivity contribution >= 4 is 11.6 Å². The van der Waals surface area contributed by atoms with Crippen LogP contribution in [0.2, 0.25) is 0 Å². The van der Waals surface area contributed by atoms with E-state index in [1.165, 1.54) is 24.0 Å². The van der Waals surface area contributed by atoms with Crippen molar-refractivity contribution in [1.29, 1.82) is 0 Å². The summed E-state index contributed by atoms with van der Waals surface area (Å²) in [5, 5.41) is 2.89. The first-order chi connectivity index (χ1) is 12.7. The Morgan fingerprint density at radius 3 is 2.77 bits per heavy atom. The Kier molecular flexibility index (Phi) is 4.69. The van der Waals surface area contributed by atoms with Crippen LogP contribution in [0, 0.1) is 0 Å². The van der Waals surface area contributed by atoms with E-state index in [0.717, 1.165) is 18.6 Å². The van der Waals surface area contributed by atoms with Crippen LogP contribution in [0.3, 0.4) is 0 Å². The van der Waals surface area contributed by atoms with E-state index in [9.17, 15) is 4.79 Å². The first-order valence-electron chi connectivity index (χ1n) is 9.18. The molecule has 5 heteroatoms. The van der Waals surface area contributed by atoms with Gasteiger partial charge in [-0.2, -0.15) is 0 Å². The summed E-state index contributed by atoms with van der Waals surface area (Å²) in [7, 11) is 0. The largest absolute Gasteiger partial charge is 0.486 e. The fourth-order valence-corrected chi connectivity index (χ4v) is 3.47. The van der Waals surface area contributed by atoms with Gasteiger partial charge in [-0.15, -0.1) is 0 Å². The van der Waals surface area contributed by atoms with Gasteiger partial charge in [0.05, 0.1) is 0 Å². The number of nitrogens with one attached hydrogen (secondary N) is 1. The molecule has 1 aliphatic heterocycles. The fraction of sp³-hybridized carbons (Fsp3) is 0.381. The van der Waals surface area contributed by atoms with E-state index in [4.69, 9.17) is 14.2 Å². The molecule has 2 aromatic carbocycles. The van der Waals surface area contributed by atoms with Crippen molar-refractivity contribution in [2.45, 2.75) is 38.7 Å². The number of aryl methyl sites for hydroxylation is 1. The molecule has 2 aromatic rings. The van der Waals surface area contributed by atoms with Gasteiger partial charge in [-0.25, -0.2) is 0 Å². The van der Waals surface area contributed by atoms with Crippen LogP contribution in [-0.4, -0.2) is 25.2 Å². The lowest BCUT2D eigenvalue weighted by molar-refractivity contribution is -0.122. The SMILES string of the molecule is CC(Oc1cccc2c1CCCC2)C(=O)Nc1ccc2c(c1)OCCO2. The summed E-state index contributed by atoms with van der Waals surface area (Å²) >= 11 is 0. The van der Waals surface area contributed by atoms with E-state index in [2.05, 4.69) is 11.4 Å². The van der Waals surface area contributed by atoms with Crippen LogP contribution in [0.15, 0.2) is 36.4 Å². The number of carbonyl (C=O) groups is 1. The van der Waals surface area contributed by atoms with Crippen molar-refractivity contribution in [1.82, 2.24) is 0 Å². The maximum atomic E-state index is 12.5. The van der Waals surface area contributed by atoms with Gasteiger partial charge in [0, 0.05) is 11.8 Å². The molecule has 1 amide bonds. The molecule has 0 spiro atoms. The molecule has 1 unspecified atom stereocenters. The summed E-state index contributed by atoms with van der Waals surface area (Å²) in [6.45, 7) is 2.84. The highest BCUT2D eigenvalue weighted by Crippen LogP contribution is 2.33. The molecule has 0 saturated heterocycles. The number of anilines is 1. The minimum atomic E-state index is -0.586. The molecular weight excluding hydrogens is 330 g/mol. The molecule has 1 aliphatic carbocycles. The average molecular weight is 353 g/mol. The number of hydrogen-bond donors (Lipinski definition) is 1. The second-order valence-corrected chi connectivity index (χ2v) is 6.71. The van der Waals surface area contributed by atoms with Gasteiger partial charge < -0.3 is 19.5 Å². The van der Waals surface area contributed by atoms with E-state index < -0.39 is 6.10 Å². The van der Waals surface area contributed by atoms with E-state index in [1.54, 1.807) is 13.0 Å². The molecule has 0 aromatic heterocycles. The maximum absolute atomic E-state index is 12.5. The second kappa shape index (κ2) is 7.28. The lowest BCUT2D eigenvalue weighted by atomic mass is 9.91. The monoisotopic (exact) mass is 353 g/mol. The molecule has 1 heterocycles. The highest BCUT2D eigenvalue weighted by atomic mass is 16.6. The minimum absolute atomic E-state index is 0.185. The van der Waals surface area contributed by atoms with Gasteiger partial charge in [0.25, 0.3) is 5.91 Å². The smallest absolute Gasteiger partial charge is 0.265 e. The predicted octanol–water partition coefficient (Wildman–Crippen LogP) is 3.74. The number of rotatable bonds is 4. The molecule has 0 fully saturated rings. The quantitative estimate of drug-likeness (QED) is 0.910. The number of fused-ring (bicyclic) bond motifs is 2. The molecule has 0 saturated carbocycles. The summed E-state index contributed by atoms with van der Waals surface area (Å²) in [6, 6.07) is 11.5. The Balaban J connectivity index is 1.44. The van der Waals surface area contributed by atoms with Crippen molar-refractivity contribution in [3.8, 4) is 17.2 Å². The van der Waals surface area contributed by atoms with Gasteiger partial charge in [-0.1, -0.05) is 12.1 Å². The Bertz CT molecular complexity index is 818. The van der Waals surface area contributed by atoms with E-state index in [0.29, 0.717) is 30.4 Å². The van der Waals surface area contributed by atoms with Crippen LogP contribution in [0.5, 0.6) is 17.2 Å². The molecule has 2 aliphatic rings. The van der Waals surface area contributed by atoms with Crippen molar-refractivity contribution in [2.75, 3.05) is 18.5 Å².